The van der Waals surface area contributed by atoms with Crippen LogP contribution in [0.2, 0.25) is 0 Å². The summed E-state index contributed by atoms with van der Waals surface area (Å²) in [5, 5.41) is 3.32. The molecule has 1 saturated carbocycles. The van der Waals surface area contributed by atoms with Crippen molar-refractivity contribution in [3.8, 4) is 0 Å². The molecule has 1 fully saturated rings. The van der Waals surface area contributed by atoms with Crippen LogP contribution in [-0.2, 0) is 4.79 Å². The zero-order chi connectivity index (χ0) is 14.1. The molecule has 1 aliphatic carbocycles. The first-order valence-electron chi connectivity index (χ1n) is 7.05. The molecule has 1 heterocycles. The average molecular weight is 273 g/mol. The molecule has 0 saturated heterocycles. The maximum Gasteiger partial charge on any atom is 0.295 e. The molecule has 3 N–H and O–H groups in total. The molecule has 1 aromatic carbocycles. The Morgan fingerprint density at radius 3 is 2.80 bits per heavy atom. The Morgan fingerprint density at radius 1 is 1.35 bits per heavy atom. The molecule has 0 aliphatic heterocycles. The summed E-state index contributed by atoms with van der Waals surface area (Å²) in [6.45, 7) is 2.03. The average Bonchev–Trinajstić information content (AvgIpc) is 2.80. The minimum Gasteiger partial charge on any atom is -0.424 e. The molecule has 0 radical (unpaired) electrons. The minimum absolute atomic E-state index is 0.0272. The Labute approximate surface area is 117 Å². The Hall–Kier alpha value is -2.04. The first-order valence-corrected chi connectivity index (χ1v) is 7.05. The number of anilines is 1. The Kier molecular flexibility index (Phi) is 3.34. The second-order valence-corrected chi connectivity index (χ2v) is 5.59. The van der Waals surface area contributed by atoms with E-state index in [0.717, 1.165) is 36.8 Å². The summed E-state index contributed by atoms with van der Waals surface area (Å²) in [5.41, 5.74) is 8.17. The highest BCUT2D eigenvalue weighted by atomic mass is 16.4. The van der Waals surface area contributed by atoms with Gasteiger partial charge in [0.2, 0.25) is 5.91 Å². The summed E-state index contributed by atoms with van der Waals surface area (Å²) < 4.78 is 5.69. The lowest BCUT2D eigenvalue weighted by atomic mass is 9.86. The van der Waals surface area contributed by atoms with Crippen LogP contribution in [0.4, 0.5) is 6.01 Å². The van der Waals surface area contributed by atoms with Crippen LogP contribution in [0.1, 0.15) is 31.2 Å². The molecule has 5 nitrogen and oxygen atoms in total. The summed E-state index contributed by atoms with van der Waals surface area (Å²) in [6, 6.07) is 6.82. The summed E-state index contributed by atoms with van der Waals surface area (Å²) in [4.78, 5) is 15.6. The van der Waals surface area contributed by atoms with E-state index >= 15 is 0 Å². The standard InChI is InChI=1S/C15H19N3O2/c1-9-2-7-13-12(8-9)18-15(20-13)17-11-5-3-10(4-6-11)14(16)19/h2,7-8,10-11H,3-6H2,1H3,(H2,16,19)(H,17,18)/t10-,11-. The van der Waals surface area contributed by atoms with Gasteiger partial charge >= 0.3 is 0 Å². The van der Waals surface area contributed by atoms with Gasteiger partial charge in [-0.3, -0.25) is 4.79 Å². The summed E-state index contributed by atoms with van der Waals surface area (Å²) in [7, 11) is 0. The van der Waals surface area contributed by atoms with E-state index in [9.17, 15) is 4.79 Å². The summed E-state index contributed by atoms with van der Waals surface area (Å²) in [5.74, 6) is -0.153. The lowest BCUT2D eigenvalue weighted by molar-refractivity contribution is -0.122. The fourth-order valence-corrected chi connectivity index (χ4v) is 2.80. The van der Waals surface area contributed by atoms with Gasteiger partial charge in [0.1, 0.15) is 5.52 Å². The van der Waals surface area contributed by atoms with Crippen LogP contribution >= 0.6 is 0 Å². The number of carbonyl (C=O) groups is 1. The number of aromatic nitrogens is 1. The smallest absolute Gasteiger partial charge is 0.295 e. The molecule has 0 unspecified atom stereocenters. The first kappa shape index (κ1) is 13.0. The van der Waals surface area contributed by atoms with Gasteiger partial charge in [0.15, 0.2) is 5.58 Å². The van der Waals surface area contributed by atoms with Crippen LogP contribution in [0, 0.1) is 12.8 Å². The van der Waals surface area contributed by atoms with Crippen LogP contribution in [0.15, 0.2) is 22.6 Å². The number of nitrogens with two attached hydrogens (primary N) is 1. The number of fused-ring (bicyclic) bond motifs is 1. The maximum absolute atomic E-state index is 11.1. The lowest BCUT2D eigenvalue weighted by Crippen LogP contribution is -2.32. The highest BCUT2D eigenvalue weighted by Crippen LogP contribution is 2.27. The van der Waals surface area contributed by atoms with E-state index in [1.165, 1.54) is 5.56 Å². The molecule has 3 rings (SSSR count). The molecule has 106 valence electrons. The normalized spacial score (nSPS) is 22.9. The van der Waals surface area contributed by atoms with E-state index in [1.54, 1.807) is 0 Å². The van der Waals surface area contributed by atoms with Crippen molar-refractivity contribution >= 4 is 23.0 Å². The Balaban J connectivity index is 1.66. The van der Waals surface area contributed by atoms with Crippen molar-refractivity contribution < 1.29 is 9.21 Å². The third-order valence-corrected chi connectivity index (χ3v) is 4.00. The van der Waals surface area contributed by atoms with E-state index in [-0.39, 0.29) is 11.8 Å². The second kappa shape index (κ2) is 5.15. The number of nitrogens with zero attached hydrogens (tertiary/aromatic N) is 1. The molecule has 1 amide bonds. The van der Waals surface area contributed by atoms with Crippen molar-refractivity contribution in [3.05, 3.63) is 23.8 Å². The monoisotopic (exact) mass is 273 g/mol. The number of amides is 1. The molecule has 0 spiro atoms. The molecule has 20 heavy (non-hydrogen) atoms. The van der Waals surface area contributed by atoms with Crippen LogP contribution in [-0.4, -0.2) is 16.9 Å². The molecule has 1 aromatic heterocycles. The van der Waals surface area contributed by atoms with E-state index in [1.807, 2.05) is 25.1 Å². The zero-order valence-corrected chi connectivity index (χ0v) is 11.6. The second-order valence-electron chi connectivity index (χ2n) is 5.59. The van der Waals surface area contributed by atoms with Gasteiger partial charge in [0.05, 0.1) is 0 Å². The predicted octanol–water partition coefficient (Wildman–Crippen LogP) is 2.59. The highest BCUT2D eigenvalue weighted by molar-refractivity contribution is 5.77. The molecule has 1 aliphatic rings. The number of oxazole rings is 1. The largest absolute Gasteiger partial charge is 0.424 e. The van der Waals surface area contributed by atoms with Crippen LogP contribution in [0.3, 0.4) is 0 Å². The molecular weight excluding hydrogens is 254 g/mol. The quantitative estimate of drug-likeness (QED) is 0.900. The van der Waals surface area contributed by atoms with Gasteiger partial charge in [0.25, 0.3) is 6.01 Å². The topological polar surface area (TPSA) is 81.1 Å². The number of primary amides is 1. The fourth-order valence-electron chi connectivity index (χ4n) is 2.80. The number of hydrogen-bond donors (Lipinski definition) is 2. The molecule has 2 aromatic rings. The number of benzene rings is 1. The van der Waals surface area contributed by atoms with Crippen molar-refractivity contribution in [3.63, 3.8) is 0 Å². The number of carbonyl (C=O) groups excluding carboxylic acids is 1. The molecular formula is C15H19N3O2. The van der Waals surface area contributed by atoms with Crippen molar-refractivity contribution in [2.75, 3.05) is 5.32 Å². The zero-order valence-electron chi connectivity index (χ0n) is 11.6. The summed E-state index contributed by atoms with van der Waals surface area (Å²) in [6.07, 6.45) is 3.52. The van der Waals surface area contributed by atoms with Gasteiger partial charge in [-0.2, -0.15) is 4.98 Å². The lowest BCUT2D eigenvalue weighted by Gasteiger charge is -2.26. The van der Waals surface area contributed by atoms with Crippen molar-refractivity contribution in [1.29, 1.82) is 0 Å². The van der Waals surface area contributed by atoms with Gasteiger partial charge in [-0.15, -0.1) is 0 Å². The number of aryl methyl sites for hydroxylation is 1. The van der Waals surface area contributed by atoms with Crippen LogP contribution < -0.4 is 11.1 Å². The van der Waals surface area contributed by atoms with Gasteiger partial charge < -0.3 is 15.5 Å². The van der Waals surface area contributed by atoms with Crippen molar-refractivity contribution in [2.24, 2.45) is 11.7 Å². The number of nitrogens with one attached hydrogen (secondary N) is 1. The summed E-state index contributed by atoms with van der Waals surface area (Å²) >= 11 is 0. The van der Waals surface area contributed by atoms with Gasteiger partial charge in [-0.1, -0.05) is 6.07 Å². The fraction of sp³-hybridized carbons (Fsp3) is 0.467. The first-order chi connectivity index (χ1) is 9.61. The van der Waals surface area contributed by atoms with Crippen molar-refractivity contribution in [2.45, 2.75) is 38.6 Å². The van der Waals surface area contributed by atoms with Gasteiger partial charge in [-0.25, -0.2) is 0 Å². The number of rotatable bonds is 3. The van der Waals surface area contributed by atoms with Gasteiger partial charge in [0, 0.05) is 12.0 Å². The number of hydrogen-bond acceptors (Lipinski definition) is 4. The van der Waals surface area contributed by atoms with Crippen molar-refractivity contribution in [1.82, 2.24) is 4.98 Å². The van der Waals surface area contributed by atoms with E-state index in [4.69, 9.17) is 10.2 Å². The minimum atomic E-state index is -0.180. The Morgan fingerprint density at radius 2 is 2.10 bits per heavy atom. The third kappa shape index (κ3) is 2.61. The van der Waals surface area contributed by atoms with E-state index in [0.29, 0.717) is 12.1 Å². The van der Waals surface area contributed by atoms with Crippen LogP contribution in [0.5, 0.6) is 0 Å². The Bertz CT molecular complexity index is 627. The third-order valence-electron chi connectivity index (χ3n) is 4.00. The predicted molar refractivity (Wildman–Crippen MR) is 77.3 cm³/mol. The highest BCUT2D eigenvalue weighted by Gasteiger charge is 2.25. The van der Waals surface area contributed by atoms with E-state index < -0.39 is 0 Å². The molecule has 5 heteroatoms. The van der Waals surface area contributed by atoms with Crippen LogP contribution in [0.25, 0.3) is 11.1 Å². The van der Waals surface area contributed by atoms with Gasteiger partial charge in [-0.05, 0) is 50.3 Å². The van der Waals surface area contributed by atoms with E-state index in [2.05, 4.69) is 10.3 Å². The maximum atomic E-state index is 11.1. The molecule has 0 bridgehead atoms. The SMILES string of the molecule is Cc1ccc2oc(N[C@H]3CC[C@H](C(N)=O)CC3)nc2c1. The molecule has 0 atom stereocenters.